The van der Waals surface area contributed by atoms with Crippen molar-refractivity contribution in [3.63, 3.8) is 0 Å². The normalized spacial score (nSPS) is 28.7. The molecule has 3 rings (SSSR count). The highest BCUT2D eigenvalue weighted by Crippen LogP contribution is 2.51. The van der Waals surface area contributed by atoms with Crippen LogP contribution in [0.15, 0.2) is 29.3 Å². The zero-order valence-electron chi connectivity index (χ0n) is 15.8. The van der Waals surface area contributed by atoms with Crippen LogP contribution in [0.3, 0.4) is 0 Å². The molecular formula is C20H30ClN3O2. The van der Waals surface area contributed by atoms with Gasteiger partial charge in [-0.25, -0.2) is 0 Å². The highest BCUT2D eigenvalue weighted by atomic mass is 35.5. The molecule has 1 aromatic rings. The average molecular weight is 380 g/mol. The summed E-state index contributed by atoms with van der Waals surface area (Å²) < 4.78 is 5.98. The van der Waals surface area contributed by atoms with Gasteiger partial charge in [0.1, 0.15) is 0 Å². The van der Waals surface area contributed by atoms with Crippen molar-refractivity contribution >= 4 is 17.6 Å². The van der Waals surface area contributed by atoms with Crippen LogP contribution in [0.4, 0.5) is 0 Å². The summed E-state index contributed by atoms with van der Waals surface area (Å²) in [6, 6.07) is 7.61. The molecule has 144 valence electrons. The fraction of sp³-hybridized carbons (Fsp3) is 0.650. The maximum Gasteiger partial charge on any atom is 0.191 e. The van der Waals surface area contributed by atoms with Crippen LogP contribution in [0, 0.1) is 11.3 Å². The molecule has 1 heterocycles. The second kappa shape index (κ2) is 8.15. The summed E-state index contributed by atoms with van der Waals surface area (Å²) in [5, 5.41) is 17.9. The molecule has 3 N–H and O–H groups in total. The summed E-state index contributed by atoms with van der Waals surface area (Å²) >= 11 is 6.01. The van der Waals surface area contributed by atoms with Crippen molar-refractivity contribution in [3.8, 4) is 0 Å². The maximum absolute atomic E-state index is 10.4. The van der Waals surface area contributed by atoms with E-state index in [1.165, 1.54) is 6.42 Å². The van der Waals surface area contributed by atoms with Crippen LogP contribution in [-0.2, 0) is 4.74 Å². The SMILES string of the molecule is CCNC(=NCC(O)c1cccc(Cl)c1)NC1C2CCCOC2C1(C)C. The first-order valence-electron chi connectivity index (χ1n) is 9.53. The number of hydrogen-bond acceptors (Lipinski definition) is 3. The lowest BCUT2D eigenvalue weighted by molar-refractivity contribution is -0.188. The van der Waals surface area contributed by atoms with Gasteiger partial charge >= 0.3 is 0 Å². The number of hydrogen-bond donors (Lipinski definition) is 3. The Morgan fingerprint density at radius 2 is 2.27 bits per heavy atom. The molecule has 4 unspecified atom stereocenters. The smallest absolute Gasteiger partial charge is 0.191 e. The van der Waals surface area contributed by atoms with Crippen LogP contribution in [0.2, 0.25) is 5.02 Å². The first kappa shape index (κ1) is 19.5. The van der Waals surface area contributed by atoms with E-state index in [0.29, 0.717) is 23.1 Å². The average Bonchev–Trinajstić information content (AvgIpc) is 2.63. The van der Waals surface area contributed by atoms with Gasteiger partial charge in [-0.1, -0.05) is 37.6 Å². The Hall–Kier alpha value is -1.30. The van der Waals surface area contributed by atoms with Crippen molar-refractivity contribution in [1.82, 2.24) is 10.6 Å². The lowest BCUT2D eigenvalue weighted by Gasteiger charge is -2.60. The van der Waals surface area contributed by atoms with E-state index >= 15 is 0 Å². The number of aliphatic hydroxyl groups excluding tert-OH is 1. The van der Waals surface area contributed by atoms with Gasteiger partial charge in [-0.3, -0.25) is 4.99 Å². The molecule has 26 heavy (non-hydrogen) atoms. The maximum atomic E-state index is 10.4. The van der Waals surface area contributed by atoms with E-state index in [4.69, 9.17) is 16.3 Å². The Morgan fingerprint density at radius 3 is 3.00 bits per heavy atom. The largest absolute Gasteiger partial charge is 0.386 e. The van der Waals surface area contributed by atoms with Crippen LogP contribution >= 0.6 is 11.6 Å². The third-order valence-corrected chi connectivity index (χ3v) is 5.86. The Labute approximate surface area is 161 Å². The van der Waals surface area contributed by atoms with E-state index in [1.807, 2.05) is 19.1 Å². The van der Waals surface area contributed by atoms with Crippen molar-refractivity contribution in [2.75, 3.05) is 19.7 Å². The van der Waals surface area contributed by atoms with E-state index in [-0.39, 0.29) is 12.0 Å². The van der Waals surface area contributed by atoms with Gasteiger partial charge in [0.2, 0.25) is 0 Å². The number of fused-ring (bicyclic) bond motifs is 1. The molecule has 1 aromatic carbocycles. The molecule has 0 radical (unpaired) electrons. The Morgan fingerprint density at radius 1 is 1.46 bits per heavy atom. The van der Waals surface area contributed by atoms with Crippen molar-refractivity contribution in [3.05, 3.63) is 34.9 Å². The molecule has 0 spiro atoms. The predicted octanol–water partition coefficient (Wildman–Crippen LogP) is 3.13. The van der Waals surface area contributed by atoms with Gasteiger partial charge in [-0.2, -0.15) is 0 Å². The van der Waals surface area contributed by atoms with Crippen molar-refractivity contribution in [2.45, 2.75) is 51.9 Å². The minimum atomic E-state index is -0.677. The van der Waals surface area contributed by atoms with Crippen LogP contribution < -0.4 is 10.6 Å². The number of halogens is 1. The van der Waals surface area contributed by atoms with E-state index < -0.39 is 6.10 Å². The number of rotatable bonds is 5. The molecule has 0 bridgehead atoms. The minimum absolute atomic E-state index is 0.0762. The molecule has 0 amide bonds. The van der Waals surface area contributed by atoms with Crippen molar-refractivity contribution in [2.24, 2.45) is 16.3 Å². The number of nitrogens with one attached hydrogen (secondary N) is 2. The van der Waals surface area contributed by atoms with E-state index in [9.17, 15) is 5.11 Å². The van der Waals surface area contributed by atoms with Crippen molar-refractivity contribution in [1.29, 1.82) is 0 Å². The van der Waals surface area contributed by atoms with Crippen LogP contribution in [-0.4, -0.2) is 42.9 Å². The lowest BCUT2D eigenvalue weighted by Crippen LogP contribution is -2.71. The van der Waals surface area contributed by atoms with Gasteiger partial charge in [0.05, 0.1) is 18.8 Å². The second-order valence-corrected chi connectivity index (χ2v) is 8.27. The summed E-state index contributed by atoms with van der Waals surface area (Å²) in [6.07, 6.45) is 1.96. The number of aliphatic hydroxyl groups is 1. The summed E-state index contributed by atoms with van der Waals surface area (Å²) in [7, 11) is 0. The van der Waals surface area contributed by atoms with E-state index in [0.717, 1.165) is 31.1 Å². The monoisotopic (exact) mass is 379 g/mol. The zero-order valence-corrected chi connectivity index (χ0v) is 16.6. The fourth-order valence-corrected chi connectivity index (χ4v) is 4.48. The molecule has 4 atom stereocenters. The van der Waals surface area contributed by atoms with Gasteiger partial charge < -0.3 is 20.5 Å². The Bertz CT molecular complexity index is 650. The van der Waals surface area contributed by atoms with Crippen LogP contribution in [0.1, 0.15) is 45.3 Å². The van der Waals surface area contributed by atoms with E-state index in [2.05, 4.69) is 29.5 Å². The topological polar surface area (TPSA) is 65.9 Å². The van der Waals surface area contributed by atoms with Gasteiger partial charge in [-0.05, 0) is 37.5 Å². The van der Waals surface area contributed by atoms with Gasteiger partial charge in [-0.15, -0.1) is 0 Å². The summed E-state index contributed by atoms with van der Waals surface area (Å²) in [6.45, 7) is 8.48. The summed E-state index contributed by atoms with van der Waals surface area (Å²) in [4.78, 5) is 4.60. The van der Waals surface area contributed by atoms with Gasteiger partial charge in [0.15, 0.2) is 5.96 Å². The molecular weight excluding hydrogens is 350 g/mol. The fourth-order valence-electron chi connectivity index (χ4n) is 4.28. The lowest BCUT2D eigenvalue weighted by atomic mass is 9.55. The minimum Gasteiger partial charge on any atom is -0.386 e. The molecule has 5 nitrogen and oxygen atoms in total. The number of benzene rings is 1. The highest BCUT2D eigenvalue weighted by molar-refractivity contribution is 6.30. The molecule has 6 heteroatoms. The molecule has 1 aliphatic heterocycles. The third kappa shape index (κ3) is 4.00. The quantitative estimate of drug-likeness (QED) is 0.543. The predicted molar refractivity (Wildman–Crippen MR) is 106 cm³/mol. The number of aliphatic imine (C=N–C) groups is 1. The molecule has 2 fully saturated rings. The first-order valence-corrected chi connectivity index (χ1v) is 9.91. The van der Waals surface area contributed by atoms with Crippen molar-refractivity contribution < 1.29 is 9.84 Å². The highest BCUT2D eigenvalue weighted by Gasteiger charge is 2.58. The molecule has 2 aliphatic rings. The summed E-state index contributed by atoms with van der Waals surface area (Å²) in [5.41, 5.74) is 0.856. The molecule has 0 aromatic heterocycles. The first-order chi connectivity index (χ1) is 12.4. The molecule has 1 saturated heterocycles. The zero-order chi connectivity index (χ0) is 18.7. The summed E-state index contributed by atoms with van der Waals surface area (Å²) in [5.74, 6) is 1.27. The molecule has 1 aliphatic carbocycles. The third-order valence-electron chi connectivity index (χ3n) is 5.62. The second-order valence-electron chi connectivity index (χ2n) is 7.83. The Balaban J connectivity index is 1.66. The standard InChI is InChI=1S/C20H30ClN3O2/c1-4-22-19(23-12-16(25)13-7-5-8-14(21)11-13)24-17-15-9-6-10-26-18(15)20(17,2)3/h5,7-8,11,15-18,25H,4,6,9-10,12H2,1-3H3,(H2,22,23,24). The van der Waals surface area contributed by atoms with Gasteiger partial charge in [0.25, 0.3) is 0 Å². The van der Waals surface area contributed by atoms with Crippen LogP contribution in [0.25, 0.3) is 0 Å². The van der Waals surface area contributed by atoms with Crippen LogP contribution in [0.5, 0.6) is 0 Å². The number of guanidine groups is 1. The number of ether oxygens (including phenoxy) is 1. The van der Waals surface area contributed by atoms with E-state index in [1.54, 1.807) is 12.1 Å². The van der Waals surface area contributed by atoms with Gasteiger partial charge in [0, 0.05) is 35.5 Å². The number of nitrogens with zero attached hydrogens (tertiary/aromatic N) is 1. The molecule has 1 saturated carbocycles. The Kier molecular flexibility index (Phi) is 6.10.